The number of thiophene rings is 1. The topological polar surface area (TPSA) is 0 Å². The van der Waals surface area contributed by atoms with Crippen molar-refractivity contribution in [3.8, 4) is 11.1 Å². The Labute approximate surface area is 109 Å². The molecule has 0 fully saturated rings. The molecule has 0 saturated carbocycles. The maximum atomic E-state index is 3.46. The zero-order valence-corrected chi connectivity index (χ0v) is 12.2. The first-order valence-corrected chi connectivity index (χ1v) is 6.99. The van der Waals surface area contributed by atoms with Gasteiger partial charge in [0.2, 0.25) is 0 Å². The highest BCUT2D eigenvalue weighted by molar-refractivity contribution is 9.10. The second-order valence-electron chi connectivity index (χ2n) is 4.96. The van der Waals surface area contributed by atoms with Crippen molar-refractivity contribution in [3.63, 3.8) is 0 Å². The molecular weight excluding hydrogens is 280 g/mol. The molecule has 84 valence electrons. The van der Waals surface area contributed by atoms with Crippen LogP contribution >= 0.6 is 27.3 Å². The lowest BCUT2D eigenvalue weighted by Gasteiger charge is -2.15. The van der Waals surface area contributed by atoms with E-state index >= 15 is 0 Å². The van der Waals surface area contributed by atoms with Gasteiger partial charge in [-0.3, -0.25) is 0 Å². The SMILES string of the molecule is CC(C)(C)c1cc(-c2ccc(Br)cc2)cs1. The van der Waals surface area contributed by atoms with Crippen molar-refractivity contribution in [1.29, 1.82) is 0 Å². The molecule has 16 heavy (non-hydrogen) atoms. The number of rotatable bonds is 1. The summed E-state index contributed by atoms with van der Waals surface area (Å²) in [6.45, 7) is 6.76. The third-order valence-electron chi connectivity index (χ3n) is 2.52. The predicted molar refractivity (Wildman–Crippen MR) is 76.2 cm³/mol. The van der Waals surface area contributed by atoms with Crippen LogP contribution in [0, 0.1) is 0 Å². The average molecular weight is 295 g/mol. The largest absolute Gasteiger partial charge is 0.148 e. The summed E-state index contributed by atoms with van der Waals surface area (Å²) in [4.78, 5) is 1.44. The molecule has 2 heteroatoms. The highest BCUT2D eigenvalue weighted by Crippen LogP contribution is 2.33. The van der Waals surface area contributed by atoms with Crippen LogP contribution in [0.1, 0.15) is 25.6 Å². The smallest absolute Gasteiger partial charge is 0.0175 e. The van der Waals surface area contributed by atoms with Crippen molar-refractivity contribution >= 4 is 27.3 Å². The minimum Gasteiger partial charge on any atom is -0.148 e. The van der Waals surface area contributed by atoms with E-state index in [2.05, 4.69) is 72.4 Å². The first kappa shape index (κ1) is 11.9. The molecule has 0 bridgehead atoms. The highest BCUT2D eigenvalue weighted by Gasteiger charge is 2.16. The zero-order chi connectivity index (χ0) is 11.8. The molecule has 0 nitrogen and oxygen atoms in total. The van der Waals surface area contributed by atoms with Crippen molar-refractivity contribution in [3.05, 3.63) is 45.1 Å². The van der Waals surface area contributed by atoms with Crippen LogP contribution < -0.4 is 0 Å². The lowest BCUT2D eigenvalue weighted by Crippen LogP contribution is -2.07. The normalized spacial score (nSPS) is 11.8. The van der Waals surface area contributed by atoms with Crippen LogP contribution in [0.25, 0.3) is 11.1 Å². The lowest BCUT2D eigenvalue weighted by atomic mass is 9.93. The molecule has 1 heterocycles. The van der Waals surface area contributed by atoms with Gasteiger partial charge in [-0.15, -0.1) is 11.3 Å². The zero-order valence-electron chi connectivity index (χ0n) is 9.75. The Hall–Kier alpha value is -0.600. The molecule has 1 aromatic carbocycles. The molecule has 0 saturated heterocycles. The van der Waals surface area contributed by atoms with Crippen LogP contribution in [0.5, 0.6) is 0 Å². The molecule has 0 spiro atoms. The van der Waals surface area contributed by atoms with Crippen LogP contribution in [-0.2, 0) is 5.41 Å². The molecule has 0 atom stereocenters. The Bertz CT molecular complexity index is 474. The van der Waals surface area contributed by atoms with E-state index in [1.807, 2.05) is 11.3 Å². The molecule has 1 aromatic heterocycles. The van der Waals surface area contributed by atoms with Crippen LogP contribution in [-0.4, -0.2) is 0 Å². The monoisotopic (exact) mass is 294 g/mol. The third kappa shape index (κ3) is 2.55. The summed E-state index contributed by atoms with van der Waals surface area (Å²) in [6.07, 6.45) is 0. The fraction of sp³-hybridized carbons (Fsp3) is 0.286. The van der Waals surface area contributed by atoms with Gasteiger partial charge in [0.25, 0.3) is 0 Å². The van der Waals surface area contributed by atoms with Crippen molar-refractivity contribution < 1.29 is 0 Å². The fourth-order valence-electron chi connectivity index (χ4n) is 1.52. The number of hydrogen-bond acceptors (Lipinski definition) is 1. The molecule has 0 N–H and O–H groups in total. The van der Waals surface area contributed by atoms with Gasteiger partial charge in [0.05, 0.1) is 0 Å². The average Bonchev–Trinajstić information content (AvgIpc) is 2.67. The second-order valence-corrected chi connectivity index (χ2v) is 6.78. The number of benzene rings is 1. The Morgan fingerprint density at radius 3 is 2.12 bits per heavy atom. The number of halogens is 1. The van der Waals surface area contributed by atoms with E-state index in [0.29, 0.717) is 0 Å². The summed E-state index contributed by atoms with van der Waals surface area (Å²) in [5.41, 5.74) is 2.86. The van der Waals surface area contributed by atoms with E-state index in [4.69, 9.17) is 0 Å². The Kier molecular flexibility index (Phi) is 3.22. The van der Waals surface area contributed by atoms with Crippen LogP contribution in [0.3, 0.4) is 0 Å². The summed E-state index contributed by atoms with van der Waals surface area (Å²) in [7, 11) is 0. The van der Waals surface area contributed by atoms with Crippen LogP contribution in [0.2, 0.25) is 0 Å². The van der Waals surface area contributed by atoms with E-state index in [1.54, 1.807) is 0 Å². The second kappa shape index (κ2) is 4.34. The molecule has 0 aliphatic heterocycles. The van der Waals surface area contributed by atoms with Gasteiger partial charge in [-0.25, -0.2) is 0 Å². The molecule has 0 unspecified atom stereocenters. The lowest BCUT2D eigenvalue weighted by molar-refractivity contribution is 0.604. The van der Waals surface area contributed by atoms with Gasteiger partial charge in [-0.2, -0.15) is 0 Å². The Balaban J connectivity index is 2.35. The fourth-order valence-corrected chi connectivity index (χ4v) is 2.79. The van der Waals surface area contributed by atoms with E-state index in [1.165, 1.54) is 16.0 Å². The van der Waals surface area contributed by atoms with Crippen molar-refractivity contribution in [2.75, 3.05) is 0 Å². The van der Waals surface area contributed by atoms with Gasteiger partial charge in [-0.1, -0.05) is 48.8 Å². The molecule has 0 aliphatic rings. The maximum absolute atomic E-state index is 3.46. The Morgan fingerprint density at radius 1 is 1.00 bits per heavy atom. The molecule has 2 rings (SSSR count). The predicted octanol–water partition coefficient (Wildman–Crippen LogP) is 5.48. The van der Waals surface area contributed by atoms with E-state index < -0.39 is 0 Å². The Morgan fingerprint density at radius 2 is 1.62 bits per heavy atom. The number of hydrogen-bond donors (Lipinski definition) is 0. The highest BCUT2D eigenvalue weighted by atomic mass is 79.9. The van der Waals surface area contributed by atoms with Gasteiger partial charge in [0, 0.05) is 9.35 Å². The quantitative estimate of drug-likeness (QED) is 0.654. The molecule has 0 radical (unpaired) electrons. The minimum atomic E-state index is 0.248. The molecule has 0 amide bonds. The van der Waals surface area contributed by atoms with Crippen molar-refractivity contribution in [2.24, 2.45) is 0 Å². The van der Waals surface area contributed by atoms with Gasteiger partial charge < -0.3 is 0 Å². The first-order chi connectivity index (χ1) is 7.47. The van der Waals surface area contributed by atoms with Crippen molar-refractivity contribution in [2.45, 2.75) is 26.2 Å². The molecule has 2 aromatic rings. The van der Waals surface area contributed by atoms with E-state index in [-0.39, 0.29) is 5.41 Å². The first-order valence-electron chi connectivity index (χ1n) is 5.32. The third-order valence-corrected chi connectivity index (χ3v) is 4.40. The molecular formula is C14H15BrS. The summed E-state index contributed by atoms with van der Waals surface area (Å²) >= 11 is 5.30. The van der Waals surface area contributed by atoms with E-state index in [9.17, 15) is 0 Å². The summed E-state index contributed by atoms with van der Waals surface area (Å²) < 4.78 is 1.13. The summed E-state index contributed by atoms with van der Waals surface area (Å²) in [5.74, 6) is 0. The van der Waals surface area contributed by atoms with Gasteiger partial charge in [-0.05, 0) is 40.1 Å². The standard InChI is InChI=1S/C14H15BrS/c1-14(2,3)13-8-11(9-16-13)10-4-6-12(15)7-5-10/h4-9H,1-3H3. The maximum Gasteiger partial charge on any atom is 0.0175 e. The van der Waals surface area contributed by atoms with E-state index in [0.717, 1.165) is 4.47 Å². The summed E-state index contributed by atoms with van der Waals surface area (Å²) in [6, 6.07) is 10.8. The van der Waals surface area contributed by atoms with Crippen molar-refractivity contribution in [1.82, 2.24) is 0 Å². The van der Waals surface area contributed by atoms with Crippen LogP contribution in [0.15, 0.2) is 40.2 Å². The van der Waals surface area contributed by atoms with Gasteiger partial charge in [0.1, 0.15) is 0 Å². The van der Waals surface area contributed by atoms with Crippen LogP contribution in [0.4, 0.5) is 0 Å². The van der Waals surface area contributed by atoms with Gasteiger partial charge >= 0.3 is 0 Å². The summed E-state index contributed by atoms with van der Waals surface area (Å²) in [5, 5.41) is 2.24. The minimum absolute atomic E-state index is 0.248. The van der Waals surface area contributed by atoms with Gasteiger partial charge in [0.15, 0.2) is 0 Å². The molecule has 0 aliphatic carbocycles.